The number of pyridine rings is 1. The van der Waals surface area contributed by atoms with E-state index in [4.69, 9.17) is 0 Å². The molecule has 0 bridgehead atoms. The maximum Gasteiger partial charge on any atom is 0.227 e. The second-order valence-corrected chi connectivity index (χ2v) is 7.99. The fourth-order valence-electron chi connectivity index (χ4n) is 3.09. The second kappa shape index (κ2) is 6.47. The fourth-order valence-corrected chi connectivity index (χ4v) is 3.31. The quantitative estimate of drug-likeness (QED) is 0.765. The van der Waals surface area contributed by atoms with Gasteiger partial charge in [0.1, 0.15) is 4.60 Å². The smallest absolute Gasteiger partial charge is 0.227 e. The molecule has 1 N–H and O–H groups in total. The number of hydrogen-bond acceptors (Lipinski definition) is 2. The lowest BCUT2D eigenvalue weighted by atomic mass is 9.69. The Kier molecular flexibility index (Phi) is 5.07. The van der Waals surface area contributed by atoms with Crippen LogP contribution in [0.5, 0.6) is 0 Å². The van der Waals surface area contributed by atoms with Crippen LogP contribution in [0.25, 0.3) is 0 Å². The highest BCUT2D eigenvalue weighted by Gasteiger charge is 2.32. The van der Waals surface area contributed by atoms with Crippen molar-refractivity contribution in [2.45, 2.75) is 53.4 Å². The van der Waals surface area contributed by atoms with Crippen LogP contribution in [0.1, 0.15) is 52.0 Å². The van der Waals surface area contributed by atoms with Crippen LogP contribution in [-0.2, 0) is 4.79 Å². The molecule has 1 saturated carbocycles. The van der Waals surface area contributed by atoms with Crippen LogP contribution in [0.2, 0.25) is 0 Å². The second-order valence-electron chi connectivity index (χ2n) is 7.24. The van der Waals surface area contributed by atoms with Gasteiger partial charge in [-0.3, -0.25) is 4.79 Å². The summed E-state index contributed by atoms with van der Waals surface area (Å²) in [5, 5.41) is 3.01. The van der Waals surface area contributed by atoms with E-state index in [2.05, 4.69) is 47.0 Å². The molecule has 21 heavy (non-hydrogen) atoms. The van der Waals surface area contributed by atoms with Crippen LogP contribution in [0.3, 0.4) is 0 Å². The third-order valence-corrected chi connectivity index (χ3v) is 5.43. The van der Waals surface area contributed by atoms with Crippen molar-refractivity contribution in [3.05, 3.63) is 22.4 Å². The minimum Gasteiger partial charge on any atom is -0.324 e. The van der Waals surface area contributed by atoms with Gasteiger partial charge in [0.15, 0.2) is 0 Å². The molecule has 1 heterocycles. The molecule has 116 valence electrons. The third-order valence-electron chi connectivity index (χ3n) is 4.60. The summed E-state index contributed by atoms with van der Waals surface area (Å²) < 4.78 is 0.825. The van der Waals surface area contributed by atoms with Crippen molar-refractivity contribution in [3.8, 4) is 0 Å². The van der Waals surface area contributed by atoms with Gasteiger partial charge in [-0.15, -0.1) is 0 Å². The van der Waals surface area contributed by atoms with E-state index in [1.54, 1.807) is 6.20 Å². The molecule has 1 aromatic heterocycles. The fraction of sp³-hybridized carbons (Fsp3) is 0.647. The van der Waals surface area contributed by atoms with Gasteiger partial charge in [-0.25, -0.2) is 4.98 Å². The van der Waals surface area contributed by atoms with E-state index >= 15 is 0 Å². The lowest BCUT2D eigenvalue weighted by molar-refractivity contribution is -0.121. The van der Waals surface area contributed by atoms with Gasteiger partial charge >= 0.3 is 0 Å². The van der Waals surface area contributed by atoms with Crippen molar-refractivity contribution in [3.63, 3.8) is 0 Å². The normalized spacial score (nSPS) is 22.9. The van der Waals surface area contributed by atoms with Gasteiger partial charge in [0.25, 0.3) is 0 Å². The number of rotatable bonds is 2. The highest BCUT2D eigenvalue weighted by Crippen LogP contribution is 2.40. The van der Waals surface area contributed by atoms with Gasteiger partial charge in [0.05, 0.1) is 11.9 Å². The molecule has 0 spiro atoms. The number of nitrogens with one attached hydrogen (secondary N) is 1. The number of halogens is 1. The first-order valence-electron chi connectivity index (χ1n) is 7.70. The highest BCUT2D eigenvalue weighted by atomic mass is 79.9. The van der Waals surface area contributed by atoms with Crippen LogP contribution in [0.4, 0.5) is 5.69 Å². The largest absolute Gasteiger partial charge is 0.324 e. The number of aryl methyl sites for hydroxylation is 1. The van der Waals surface area contributed by atoms with Crippen molar-refractivity contribution in [2.24, 2.45) is 17.3 Å². The summed E-state index contributed by atoms with van der Waals surface area (Å²) in [5.41, 5.74) is 2.18. The standard InChI is InChI=1S/C17H25BrN2O/c1-11-9-14(10-19-15(11)18)20-16(21)12-5-7-13(8-6-12)17(2,3)4/h9-10,12-13H,5-8H2,1-4H3,(H,20,21). The zero-order valence-corrected chi connectivity index (χ0v) is 15.0. The molecule has 0 saturated heterocycles. The van der Waals surface area contributed by atoms with Crippen LogP contribution in [-0.4, -0.2) is 10.9 Å². The SMILES string of the molecule is Cc1cc(NC(=O)C2CCC(C(C)(C)C)CC2)cnc1Br. The van der Waals surface area contributed by atoms with E-state index in [-0.39, 0.29) is 11.8 Å². The molecule has 1 aromatic rings. The number of carbonyl (C=O) groups excluding carboxylic acids is 1. The summed E-state index contributed by atoms with van der Waals surface area (Å²) in [6, 6.07) is 1.95. The maximum absolute atomic E-state index is 12.4. The molecule has 0 aromatic carbocycles. The van der Waals surface area contributed by atoms with Crippen LogP contribution in [0, 0.1) is 24.2 Å². The van der Waals surface area contributed by atoms with Gasteiger partial charge in [0, 0.05) is 5.92 Å². The Bertz CT molecular complexity index is 514. The molecule has 4 heteroatoms. The Hall–Kier alpha value is -0.900. The first-order valence-corrected chi connectivity index (χ1v) is 8.49. The molecular formula is C17H25BrN2O. The number of nitrogens with zero attached hydrogens (tertiary/aromatic N) is 1. The van der Waals surface area contributed by atoms with E-state index in [1.807, 2.05) is 13.0 Å². The molecule has 0 radical (unpaired) electrons. The number of amides is 1. The molecule has 0 atom stereocenters. The van der Waals surface area contributed by atoms with Gasteiger partial charge in [-0.2, -0.15) is 0 Å². The van der Waals surface area contributed by atoms with E-state index in [9.17, 15) is 4.79 Å². The number of aromatic nitrogens is 1. The topological polar surface area (TPSA) is 42.0 Å². The van der Waals surface area contributed by atoms with Crippen molar-refractivity contribution < 1.29 is 4.79 Å². The van der Waals surface area contributed by atoms with E-state index in [1.165, 1.54) is 0 Å². The minimum atomic E-state index is 0.144. The molecule has 1 aliphatic rings. The molecule has 1 fully saturated rings. The van der Waals surface area contributed by atoms with Gasteiger partial charge < -0.3 is 5.32 Å². The Morgan fingerprint density at radius 1 is 1.29 bits per heavy atom. The lowest BCUT2D eigenvalue weighted by Gasteiger charge is -2.36. The molecule has 3 nitrogen and oxygen atoms in total. The summed E-state index contributed by atoms with van der Waals surface area (Å²) >= 11 is 3.37. The molecule has 2 rings (SSSR count). The lowest BCUT2D eigenvalue weighted by Crippen LogP contribution is -2.31. The van der Waals surface area contributed by atoms with E-state index < -0.39 is 0 Å². The van der Waals surface area contributed by atoms with Crippen molar-refractivity contribution >= 4 is 27.5 Å². The molecule has 1 amide bonds. The van der Waals surface area contributed by atoms with Crippen LogP contribution in [0.15, 0.2) is 16.9 Å². The van der Waals surface area contributed by atoms with Crippen molar-refractivity contribution in [1.29, 1.82) is 0 Å². The van der Waals surface area contributed by atoms with Crippen LogP contribution < -0.4 is 5.32 Å². The van der Waals surface area contributed by atoms with E-state index in [0.717, 1.165) is 47.5 Å². The molecule has 0 unspecified atom stereocenters. The average molecular weight is 353 g/mol. The van der Waals surface area contributed by atoms with E-state index in [0.29, 0.717) is 5.41 Å². The predicted molar refractivity (Wildman–Crippen MR) is 90.2 cm³/mol. The monoisotopic (exact) mass is 352 g/mol. The highest BCUT2D eigenvalue weighted by molar-refractivity contribution is 9.10. The Balaban J connectivity index is 1.92. The molecule has 0 aliphatic heterocycles. The van der Waals surface area contributed by atoms with Gasteiger partial charge in [0.2, 0.25) is 5.91 Å². The van der Waals surface area contributed by atoms with Crippen LogP contribution >= 0.6 is 15.9 Å². The number of carbonyl (C=O) groups is 1. The Labute approximate surface area is 136 Å². The first-order chi connectivity index (χ1) is 9.77. The van der Waals surface area contributed by atoms with Crippen molar-refractivity contribution in [2.75, 3.05) is 5.32 Å². The summed E-state index contributed by atoms with van der Waals surface area (Å²) in [6.07, 6.45) is 6.00. The summed E-state index contributed by atoms with van der Waals surface area (Å²) in [6.45, 7) is 8.87. The third kappa shape index (κ3) is 4.29. The predicted octanol–water partition coefficient (Wildman–Crippen LogP) is 4.94. The van der Waals surface area contributed by atoms with Gasteiger partial charge in [-0.05, 0) is 71.5 Å². The Morgan fingerprint density at radius 2 is 1.90 bits per heavy atom. The maximum atomic E-state index is 12.4. The van der Waals surface area contributed by atoms with Crippen molar-refractivity contribution in [1.82, 2.24) is 4.98 Å². The molecular weight excluding hydrogens is 328 g/mol. The minimum absolute atomic E-state index is 0.144. The molecule has 1 aliphatic carbocycles. The first kappa shape index (κ1) is 16.5. The summed E-state index contributed by atoms with van der Waals surface area (Å²) in [5.74, 6) is 1.02. The Morgan fingerprint density at radius 3 is 2.43 bits per heavy atom. The number of hydrogen-bond donors (Lipinski definition) is 1. The zero-order chi connectivity index (χ0) is 15.6. The summed E-state index contributed by atoms with van der Waals surface area (Å²) in [4.78, 5) is 16.6. The summed E-state index contributed by atoms with van der Waals surface area (Å²) in [7, 11) is 0. The van der Waals surface area contributed by atoms with Gasteiger partial charge in [-0.1, -0.05) is 20.8 Å². The number of anilines is 1. The average Bonchev–Trinajstić information content (AvgIpc) is 2.42. The zero-order valence-electron chi connectivity index (χ0n) is 13.4.